The molecule has 0 saturated heterocycles. The number of benzene rings is 1. The van der Waals surface area contributed by atoms with Gasteiger partial charge in [-0.1, -0.05) is 23.5 Å². The number of carbonyl (C=O) groups excluding carboxylic acids is 3. The van der Waals surface area contributed by atoms with Gasteiger partial charge in [0.1, 0.15) is 5.01 Å². The van der Waals surface area contributed by atoms with Crippen LogP contribution in [-0.4, -0.2) is 55.5 Å². The maximum Gasteiger partial charge on any atom is 0.261 e. The van der Waals surface area contributed by atoms with E-state index in [0.29, 0.717) is 24.1 Å². The number of hydrogen-bond acceptors (Lipinski definition) is 7. The minimum Gasteiger partial charge on any atom is -0.356 e. The van der Waals surface area contributed by atoms with E-state index in [0.717, 1.165) is 20.7 Å². The number of aromatic nitrogens is 4. The summed E-state index contributed by atoms with van der Waals surface area (Å²) in [6.45, 7) is 2.31. The maximum atomic E-state index is 12.3. The van der Waals surface area contributed by atoms with Crippen LogP contribution in [0.2, 0.25) is 0 Å². The summed E-state index contributed by atoms with van der Waals surface area (Å²) in [6.07, 6.45) is 0.641. The third-order valence-corrected chi connectivity index (χ3v) is 5.25. The van der Waals surface area contributed by atoms with E-state index in [1.807, 2.05) is 6.92 Å². The van der Waals surface area contributed by atoms with Crippen molar-refractivity contribution < 1.29 is 14.4 Å². The van der Waals surface area contributed by atoms with Crippen molar-refractivity contribution in [1.82, 2.24) is 30.0 Å². The minimum absolute atomic E-state index is 0.0636. The lowest BCUT2D eigenvalue weighted by molar-refractivity contribution is -0.121. The molecule has 10 heteroatoms. The highest BCUT2D eigenvalue weighted by atomic mass is 32.1. The van der Waals surface area contributed by atoms with Crippen LogP contribution >= 0.6 is 11.3 Å². The molecule has 0 aliphatic carbocycles. The van der Waals surface area contributed by atoms with Gasteiger partial charge in [0.15, 0.2) is 5.82 Å². The van der Waals surface area contributed by atoms with Gasteiger partial charge in [-0.2, -0.15) is 9.61 Å². The third-order valence-electron chi connectivity index (χ3n) is 4.29. The number of fused-ring (bicyclic) bond motifs is 2. The summed E-state index contributed by atoms with van der Waals surface area (Å²) in [7, 11) is 0. The van der Waals surface area contributed by atoms with Crippen molar-refractivity contribution in [2.45, 2.75) is 19.8 Å². The Balaban J connectivity index is 1.26. The Kier molecular flexibility index (Phi) is 4.40. The Bertz CT molecular complexity index is 1020. The second-order valence-corrected chi connectivity index (χ2v) is 7.14. The summed E-state index contributed by atoms with van der Waals surface area (Å²) >= 11 is 1.43. The number of nitrogens with one attached hydrogen (secondary N) is 1. The van der Waals surface area contributed by atoms with E-state index < -0.39 is 0 Å². The second-order valence-electron chi connectivity index (χ2n) is 6.09. The average Bonchev–Trinajstić information content (AvgIpc) is 3.29. The number of rotatable bonds is 6. The molecule has 2 aromatic heterocycles. The first-order chi connectivity index (χ1) is 13.0. The van der Waals surface area contributed by atoms with Gasteiger partial charge in [-0.05, 0) is 19.1 Å². The van der Waals surface area contributed by atoms with Crippen LogP contribution in [0.3, 0.4) is 0 Å². The summed E-state index contributed by atoms with van der Waals surface area (Å²) in [5.74, 6) is -0.194. The number of imide groups is 1. The van der Waals surface area contributed by atoms with Crippen LogP contribution in [0.15, 0.2) is 24.3 Å². The molecule has 4 rings (SSSR count). The fraction of sp³-hybridized carbons (Fsp3) is 0.294. The van der Waals surface area contributed by atoms with Gasteiger partial charge in [0.05, 0.1) is 11.1 Å². The van der Waals surface area contributed by atoms with Crippen LogP contribution in [0.1, 0.15) is 38.0 Å². The topological polar surface area (TPSA) is 110 Å². The maximum absolute atomic E-state index is 12.3. The first kappa shape index (κ1) is 17.3. The normalized spacial score (nSPS) is 13.4. The van der Waals surface area contributed by atoms with E-state index in [1.54, 1.807) is 28.8 Å². The molecule has 1 aliphatic rings. The Morgan fingerprint density at radius 1 is 1.15 bits per heavy atom. The standard InChI is InChI=1S/C17H16N6O3S/c1-10-19-20-17-23(10)21-14(27-17)6-8-18-13(24)7-9-22-15(25)11-4-2-3-5-12(11)16(22)26/h2-5H,6-9H2,1H3,(H,18,24). The van der Waals surface area contributed by atoms with Crippen LogP contribution in [-0.2, 0) is 11.2 Å². The SMILES string of the molecule is Cc1nnc2sc(CCNC(=O)CCN3C(=O)c4ccccc4C3=O)nn12. The molecule has 138 valence electrons. The molecule has 0 spiro atoms. The summed E-state index contributed by atoms with van der Waals surface area (Å²) in [5, 5.41) is 15.9. The molecule has 3 heterocycles. The molecule has 1 aliphatic heterocycles. The third kappa shape index (κ3) is 3.19. The van der Waals surface area contributed by atoms with Gasteiger partial charge >= 0.3 is 0 Å². The van der Waals surface area contributed by atoms with E-state index >= 15 is 0 Å². The van der Waals surface area contributed by atoms with Crippen molar-refractivity contribution >= 4 is 34.0 Å². The molecular formula is C17H16N6O3S. The lowest BCUT2D eigenvalue weighted by Gasteiger charge is -2.13. The fourth-order valence-electron chi connectivity index (χ4n) is 2.91. The Labute approximate surface area is 158 Å². The first-order valence-corrected chi connectivity index (χ1v) is 9.26. The van der Waals surface area contributed by atoms with E-state index in [-0.39, 0.29) is 30.7 Å². The molecule has 3 amide bonds. The molecular weight excluding hydrogens is 368 g/mol. The first-order valence-electron chi connectivity index (χ1n) is 8.44. The molecule has 3 aromatic rings. The smallest absolute Gasteiger partial charge is 0.261 e. The number of aryl methyl sites for hydroxylation is 1. The van der Waals surface area contributed by atoms with E-state index in [2.05, 4.69) is 20.6 Å². The molecule has 1 aromatic carbocycles. The van der Waals surface area contributed by atoms with Gasteiger partial charge in [-0.15, -0.1) is 10.2 Å². The molecule has 0 bridgehead atoms. The molecule has 0 fully saturated rings. The van der Waals surface area contributed by atoms with E-state index in [9.17, 15) is 14.4 Å². The van der Waals surface area contributed by atoms with Gasteiger partial charge in [0.2, 0.25) is 10.9 Å². The lowest BCUT2D eigenvalue weighted by Crippen LogP contribution is -2.35. The Morgan fingerprint density at radius 2 is 1.85 bits per heavy atom. The summed E-state index contributed by atoms with van der Waals surface area (Å²) < 4.78 is 1.67. The predicted molar refractivity (Wildman–Crippen MR) is 96.5 cm³/mol. The lowest BCUT2D eigenvalue weighted by atomic mass is 10.1. The highest BCUT2D eigenvalue weighted by Crippen LogP contribution is 2.22. The quantitative estimate of drug-likeness (QED) is 0.631. The highest BCUT2D eigenvalue weighted by Gasteiger charge is 2.34. The number of amides is 3. The van der Waals surface area contributed by atoms with Gasteiger partial charge in [-0.3, -0.25) is 19.3 Å². The van der Waals surface area contributed by atoms with Crippen LogP contribution in [0, 0.1) is 6.92 Å². The van der Waals surface area contributed by atoms with Crippen molar-refractivity contribution in [2.75, 3.05) is 13.1 Å². The molecule has 0 saturated carbocycles. The monoisotopic (exact) mass is 384 g/mol. The molecule has 27 heavy (non-hydrogen) atoms. The van der Waals surface area contributed by atoms with Crippen LogP contribution in [0.5, 0.6) is 0 Å². The second kappa shape index (κ2) is 6.88. The summed E-state index contributed by atoms with van der Waals surface area (Å²) in [6, 6.07) is 6.68. The van der Waals surface area contributed by atoms with Crippen molar-refractivity contribution in [2.24, 2.45) is 0 Å². The molecule has 9 nitrogen and oxygen atoms in total. The average molecular weight is 384 g/mol. The highest BCUT2D eigenvalue weighted by molar-refractivity contribution is 7.16. The van der Waals surface area contributed by atoms with Gasteiger partial charge in [-0.25, -0.2) is 0 Å². The van der Waals surface area contributed by atoms with Crippen molar-refractivity contribution in [3.63, 3.8) is 0 Å². The molecule has 0 radical (unpaired) electrons. The zero-order valence-electron chi connectivity index (χ0n) is 14.5. The Hall–Kier alpha value is -3.14. The van der Waals surface area contributed by atoms with Gasteiger partial charge < -0.3 is 5.32 Å². The summed E-state index contributed by atoms with van der Waals surface area (Å²) in [5.41, 5.74) is 0.781. The van der Waals surface area contributed by atoms with Crippen LogP contribution < -0.4 is 5.32 Å². The van der Waals surface area contributed by atoms with E-state index in [1.165, 1.54) is 11.3 Å². The fourth-order valence-corrected chi connectivity index (χ4v) is 3.79. The zero-order valence-corrected chi connectivity index (χ0v) is 15.3. The number of carbonyl (C=O) groups is 3. The number of hydrogen-bond donors (Lipinski definition) is 1. The molecule has 0 atom stereocenters. The van der Waals surface area contributed by atoms with Crippen LogP contribution in [0.4, 0.5) is 0 Å². The largest absolute Gasteiger partial charge is 0.356 e. The minimum atomic E-state index is -0.349. The molecule has 0 unspecified atom stereocenters. The van der Waals surface area contributed by atoms with Crippen molar-refractivity contribution in [3.05, 3.63) is 46.2 Å². The zero-order chi connectivity index (χ0) is 19.0. The molecule has 1 N–H and O–H groups in total. The van der Waals surface area contributed by atoms with Gasteiger partial charge in [0, 0.05) is 25.9 Å². The Morgan fingerprint density at radius 3 is 2.52 bits per heavy atom. The van der Waals surface area contributed by atoms with Crippen LogP contribution in [0.25, 0.3) is 4.96 Å². The number of nitrogens with zero attached hydrogens (tertiary/aromatic N) is 5. The summed E-state index contributed by atoms with van der Waals surface area (Å²) in [4.78, 5) is 38.4. The van der Waals surface area contributed by atoms with Gasteiger partial charge in [0.25, 0.3) is 11.8 Å². The van der Waals surface area contributed by atoms with Crippen molar-refractivity contribution in [3.8, 4) is 0 Å². The van der Waals surface area contributed by atoms with Crippen molar-refractivity contribution in [1.29, 1.82) is 0 Å². The predicted octanol–water partition coefficient (Wildman–Crippen LogP) is 0.839. The van der Waals surface area contributed by atoms with E-state index in [4.69, 9.17) is 0 Å².